The predicted octanol–water partition coefficient (Wildman–Crippen LogP) is 1.42. The van der Waals surface area contributed by atoms with Crippen molar-refractivity contribution >= 4 is 0 Å². The van der Waals surface area contributed by atoms with Gasteiger partial charge >= 0.3 is 0 Å². The van der Waals surface area contributed by atoms with Gasteiger partial charge in [-0.15, -0.1) is 0 Å². The zero-order chi connectivity index (χ0) is 13.3. The molecular weight excluding hydrogens is 240 g/mol. The number of benzene rings is 1. The molecule has 3 rings (SSSR count). The second kappa shape index (κ2) is 5.02. The topological polar surface area (TPSA) is 47.7 Å². The number of nitrogens with zero attached hydrogens (tertiary/aromatic N) is 1. The van der Waals surface area contributed by atoms with Crippen molar-refractivity contribution in [2.75, 3.05) is 33.4 Å². The number of rotatable bonds is 3. The van der Waals surface area contributed by atoms with Gasteiger partial charge in [0.05, 0.1) is 0 Å². The van der Waals surface area contributed by atoms with E-state index in [9.17, 15) is 0 Å². The number of likely N-dealkylation sites (tertiary alicyclic amines) is 1. The number of hydrogen-bond acceptors (Lipinski definition) is 4. The molecule has 0 spiro atoms. The van der Waals surface area contributed by atoms with Crippen LogP contribution in [-0.4, -0.2) is 43.8 Å². The molecule has 1 fully saturated rings. The van der Waals surface area contributed by atoms with Crippen LogP contribution >= 0.6 is 0 Å². The Labute approximate surface area is 114 Å². The molecule has 1 saturated heterocycles. The lowest BCUT2D eigenvalue weighted by Gasteiger charge is -2.24. The normalized spacial score (nSPS) is 26.6. The van der Waals surface area contributed by atoms with E-state index < -0.39 is 0 Å². The fraction of sp³-hybridized carbons (Fsp3) is 0.600. The summed E-state index contributed by atoms with van der Waals surface area (Å²) in [7, 11) is 2.14. The smallest absolute Gasteiger partial charge is 0.161 e. The van der Waals surface area contributed by atoms with Crippen molar-refractivity contribution in [2.24, 2.45) is 5.73 Å². The Morgan fingerprint density at radius 3 is 2.79 bits per heavy atom. The number of ether oxygens (including phenoxy) is 2. The molecule has 0 amide bonds. The molecule has 2 heterocycles. The zero-order valence-electron chi connectivity index (χ0n) is 11.5. The number of hydrogen-bond donors (Lipinski definition) is 1. The van der Waals surface area contributed by atoms with Crippen molar-refractivity contribution in [3.05, 3.63) is 23.8 Å². The molecule has 1 unspecified atom stereocenters. The van der Waals surface area contributed by atoms with Gasteiger partial charge in [0.25, 0.3) is 0 Å². The Kier molecular flexibility index (Phi) is 3.37. The molecule has 0 bridgehead atoms. The summed E-state index contributed by atoms with van der Waals surface area (Å²) in [4.78, 5) is 2.31. The van der Waals surface area contributed by atoms with Crippen LogP contribution in [0.4, 0.5) is 0 Å². The van der Waals surface area contributed by atoms with Crippen LogP contribution < -0.4 is 15.2 Å². The van der Waals surface area contributed by atoms with Crippen molar-refractivity contribution in [3.8, 4) is 11.5 Å². The first-order valence-electron chi connectivity index (χ1n) is 7.01. The van der Waals surface area contributed by atoms with Crippen LogP contribution in [0.25, 0.3) is 0 Å². The van der Waals surface area contributed by atoms with E-state index in [0.29, 0.717) is 13.2 Å². The second-order valence-corrected chi connectivity index (χ2v) is 5.83. The summed E-state index contributed by atoms with van der Waals surface area (Å²) < 4.78 is 11.1. The van der Waals surface area contributed by atoms with Gasteiger partial charge in [-0.1, -0.05) is 6.07 Å². The van der Waals surface area contributed by atoms with Gasteiger partial charge in [0.1, 0.15) is 13.2 Å². The average Bonchev–Trinajstić information content (AvgIpc) is 2.77. The molecule has 2 aliphatic heterocycles. The monoisotopic (exact) mass is 262 g/mol. The van der Waals surface area contributed by atoms with Gasteiger partial charge in [-0.05, 0) is 50.6 Å². The van der Waals surface area contributed by atoms with Crippen LogP contribution in [0, 0.1) is 0 Å². The van der Waals surface area contributed by atoms with Crippen molar-refractivity contribution in [3.63, 3.8) is 0 Å². The quantitative estimate of drug-likeness (QED) is 0.895. The van der Waals surface area contributed by atoms with E-state index in [4.69, 9.17) is 15.2 Å². The summed E-state index contributed by atoms with van der Waals surface area (Å²) in [6.07, 6.45) is 3.12. The third-order valence-corrected chi connectivity index (χ3v) is 4.09. The SMILES string of the molecule is CN1CCC(N)(CCc2ccc3c(c2)OCCO3)C1. The molecule has 104 valence electrons. The van der Waals surface area contributed by atoms with Crippen LogP contribution in [-0.2, 0) is 6.42 Å². The van der Waals surface area contributed by atoms with Gasteiger partial charge in [0.2, 0.25) is 0 Å². The van der Waals surface area contributed by atoms with Gasteiger partial charge < -0.3 is 20.1 Å². The summed E-state index contributed by atoms with van der Waals surface area (Å²) >= 11 is 0. The van der Waals surface area contributed by atoms with Crippen LogP contribution in [0.5, 0.6) is 11.5 Å². The first-order chi connectivity index (χ1) is 9.15. The predicted molar refractivity (Wildman–Crippen MR) is 74.8 cm³/mol. The van der Waals surface area contributed by atoms with Gasteiger partial charge in [0, 0.05) is 12.1 Å². The molecule has 19 heavy (non-hydrogen) atoms. The number of fused-ring (bicyclic) bond motifs is 1. The van der Waals surface area contributed by atoms with E-state index in [1.165, 1.54) is 5.56 Å². The highest BCUT2D eigenvalue weighted by atomic mass is 16.6. The molecule has 0 aliphatic carbocycles. The van der Waals surface area contributed by atoms with E-state index in [0.717, 1.165) is 43.9 Å². The highest BCUT2D eigenvalue weighted by Gasteiger charge is 2.32. The summed E-state index contributed by atoms with van der Waals surface area (Å²) in [5.41, 5.74) is 7.69. The second-order valence-electron chi connectivity index (χ2n) is 5.83. The first kappa shape index (κ1) is 12.8. The Morgan fingerprint density at radius 2 is 2.05 bits per heavy atom. The van der Waals surface area contributed by atoms with Gasteiger partial charge in [-0.25, -0.2) is 0 Å². The van der Waals surface area contributed by atoms with Crippen molar-refractivity contribution in [2.45, 2.75) is 24.8 Å². The van der Waals surface area contributed by atoms with Gasteiger partial charge in [0.15, 0.2) is 11.5 Å². The zero-order valence-corrected chi connectivity index (χ0v) is 11.5. The largest absolute Gasteiger partial charge is 0.486 e. The molecule has 4 nitrogen and oxygen atoms in total. The Morgan fingerprint density at radius 1 is 1.26 bits per heavy atom. The summed E-state index contributed by atoms with van der Waals surface area (Å²) in [5.74, 6) is 1.73. The third kappa shape index (κ3) is 2.85. The molecular formula is C15H22N2O2. The van der Waals surface area contributed by atoms with Gasteiger partial charge in [-0.2, -0.15) is 0 Å². The molecule has 2 N–H and O–H groups in total. The lowest BCUT2D eigenvalue weighted by atomic mass is 9.91. The maximum absolute atomic E-state index is 6.44. The van der Waals surface area contributed by atoms with Crippen molar-refractivity contribution < 1.29 is 9.47 Å². The fourth-order valence-corrected chi connectivity index (χ4v) is 2.95. The number of likely N-dealkylation sites (N-methyl/N-ethyl adjacent to an activating group) is 1. The van der Waals surface area contributed by atoms with E-state index in [-0.39, 0.29) is 5.54 Å². The van der Waals surface area contributed by atoms with Gasteiger partial charge in [-0.3, -0.25) is 0 Å². The molecule has 2 aliphatic rings. The van der Waals surface area contributed by atoms with Crippen LogP contribution in [0.2, 0.25) is 0 Å². The molecule has 0 saturated carbocycles. The molecule has 1 atom stereocenters. The van der Waals surface area contributed by atoms with E-state index >= 15 is 0 Å². The average molecular weight is 262 g/mol. The molecule has 0 aromatic heterocycles. The Bertz CT molecular complexity index is 463. The summed E-state index contributed by atoms with van der Waals surface area (Å²) in [5, 5.41) is 0. The highest BCUT2D eigenvalue weighted by molar-refractivity contribution is 5.43. The summed E-state index contributed by atoms with van der Waals surface area (Å²) in [6.45, 7) is 3.39. The lowest BCUT2D eigenvalue weighted by Crippen LogP contribution is -2.42. The van der Waals surface area contributed by atoms with Crippen molar-refractivity contribution in [1.29, 1.82) is 0 Å². The van der Waals surface area contributed by atoms with E-state index in [1.54, 1.807) is 0 Å². The lowest BCUT2D eigenvalue weighted by molar-refractivity contribution is 0.171. The minimum Gasteiger partial charge on any atom is -0.486 e. The number of nitrogens with two attached hydrogens (primary N) is 1. The first-order valence-corrected chi connectivity index (χ1v) is 7.01. The van der Waals surface area contributed by atoms with Crippen LogP contribution in [0.1, 0.15) is 18.4 Å². The Hall–Kier alpha value is -1.26. The molecule has 0 radical (unpaired) electrons. The minimum atomic E-state index is -0.0258. The van der Waals surface area contributed by atoms with Crippen LogP contribution in [0.3, 0.4) is 0 Å². The maximum atomic E-state index is 6.44. The van der Waals surface area contributed by atoms with E-state index in [1.807, 2.05) is 6.07 Å². The summed E-state index contributed by atoms with van der Waals surface area (Å²) in [6, 6.07) is 6.22. The third-order valence-electron chi connectivity index (χ3n) is 4.09. The van der Waals surface area contributed by atoms with Crippen molar-refractivity contribution in [1.82, 2.24) is 4.90 Å². The fourth-order valence-electron chi connectivity index (χ4n) is 2.95. The molecule has 1 aromatic carbocycles. The highest BCUT2D eigenvalue weighted by Crippen LogP contribution is 2.32. The molecule has 1 aromatic rings. The Balaban J connectivity index is 1.64. The maximum Gasteiger partial charge on any atom is 0.161 e. The number of aryl methyl sites for hydroxylation is 1. The molecule has 4 heteroatoms. The van der Waals surface area contributed by atoms with E-state index in [2.05, 4.69) is 24.1 Å². The van der Waals surface area contributed by atoms with Crippen LogP contribution in [0.15, 0.2) is 18.2 Å². The standard InChI is InChI=1S/C15H22N2O2/c1-17-7-6-15(16,11-17)5-4-12-2-3-13-14(10-12)19-9-8-18-13/h2-3,10H,4-9,11,16H2,1H3. The minimum absolute atomic E-state index is 0.0258.